The zero-order valence-corrected chi connectivity index (χ0v) is 11.6. The predicted molar refractivity (Wildman–Crippen MR) is 75.8 cm³/mol. The normalized spacial score (nSPS) is 10.3. The number of benzene rings is 1. The molecule has 4 heteroatoms. The molecule has 0 fully saturated rings. The minimum absolute atomic E-state index is 0.0159. The van der Waals surface area contributed by atoms with Crippen LogP contribution in [0.15, 0.2) is 36.4 Å². The van der Waals surface area contributed by atoms with E-state index in [1.165, 1.54) is 0 Å². The van der Waals surface area contributed by atoms with Gasteiger partial charge in [0.1, 0.15) is 0 Å². The Kier molecular flexibility index (Phi) is 4.35. The van der Waals surface area contributed by atoms with E-state index in [1.54, 1.807) is 19.9 Å². The van der Waals surface area contributed by atoms with E-state index in [-0.39, 0.29) is 18.1 Å². The van der Waals surface area contributed by atoms with Gasteiger partial charge in [-0.15, -0.1) is 0 Å². The third-order valence-corrected chi connectivity index (χ3v) is 2.91. The summed E-state index contributed by atoms with van der Waals surface area (Å²) in [6.07, 6.45) is 0.544. The fourth-order valence-electron chi connectivity index (χ4n) is 2.03. The van der Waals surface area contributed by atoms with Gasteiger partial charge in [0.15, 0.2) is 11.4 Å². The summed E-state index contributed by atoms with van der Waals surface area (Å²) in [5.74, 6) is -0.694. The first kappa shape index (κ1) is 14.1. The predicted octanol–water partition coefficient (Wildman–Crippen LogP) is 2.86. The molecule has 4 nitrogen and oxygen atoms in total. The smallest absolute Gasteiger partial charge is 0.360 e. The zero-order chi connectivity index (χ0) is 14.5. The number of aromatic nitrogens is 1. The van der Waals surface area contributed by atoms with Crippen LogP contribution in [0.4, 0.5) is 0 Å². The second-order valence-corrected chi connectivity index (χ2v) is 4.50. The molecule has 1 N–H and O–H groups in total. The molecule has 1 aromatic carbocycles. The van der Waals surface area contributed by atoms with Gasteiger partial charge in [-0.25, -0.2) is 9.78 Å². The Morgan fingerprint density at radius 3 is 2.65 bits per heavy atom. The molecule has 0 unspecified atom stereocenters. The van der Waals surface area contributed by atoms with Crippen molar-refractivity contribution in [1.82, 2.24) is 4.98 Å². The van der Waals surface area contributed by atoms with Gasteiger partial charge in [0.25, 0.3) is 0 Å². The largest absolute Gasteiger partial charge is 0.505 e. The van der Waals surface area contributed by atoms with Crippen LogP contribution in [-0.2, 0) is 11.2 Å². The highest BCUT2D eigenvalue weighted by molar-refractivity contribution is 5.90. The van der Waals surface area contributed by atoms with E-state index in [0.717, 1.165) is 5.56 Å². The summed E-state index contributed by atoms with van der Waals surface area (Å²) in [6, 6.07) is 11.5. The first-order chi connectivity index (χ1) is 9.61. The molecular formula is C16H17NO3. The summed E-state index contributed by atoms with van der Waals surface area (Å²) in [6.45, 7) is 3.76. The maximum Gasteiger partial charge on any atom is 0.360 e. The molecule has 0 aliphatic heterocycles. The Bertz CT molecular complexity index is 609. The molecule has 0 bridgehead atoms. The Hall–Kier alpha value is -2.36. The Labute approximate surface area is 118 Å². The Morgan fingerprint density at radius 1 is 1.30 bits per heavy atom. The SMILES string of the molecule is CCOC(=O)c1nc(C)cc(Cc2ccccc2)c1O. The molecule has 104 valence electrons. The fourth-order valence-corrected chi connectivity index (χ4v) is 2.03. The number of pyridine rings is 1. The van der Waals surface area contributed by atoms with Gasteiger partial charge in [0.2, 0.25) is 0 Å². The van der Waals surface area contributed by atoms with Crippen molar-refractivity contribution in [1.29, 1.82) is 0 Å². The number of carbonyl (C=O) groups excluding carboxylic acids is 1. The fraction of sp³-hybridized carbons (Fsp3) is 0.250. The summed E-state index contributed by atoms with van der Waals surface area (Å²) in [5.41, 5.74) is 2.39. The lowest BCUT2D eigenvalue weighted by Gasteiger charge is -2.10. The van der Waals surface area contributed by atoms with Crippen molar-refractivity contribution in [3.8, 4) is 5.75 Å². The molecule has 20 heavy (non-hydrogen) atoms. The highest BCUT2D eigenvalue weighted by Crippen LogP contribution is 2.25. The quantitative estimate of drug-likeness (QED) is 0.869. The van der Waals surface area contributed by atoms with Crippen LogP contribution >= 0.6 is 0 Å². The first-order valence-electron chi connectivity index (χ1n) is 6.52. The minimum atomic E-state index is -0.594. The summed E-state index contributed by atoms with van der Waals surface area (Å²) in [4.78, 5) is 15.8. The van der Waals surface area contributed by atoms with Crippen LogP contribution in [0.1, 0.15) is 34.2 Å². The maximum absolute atomic E-state index is 11.8. The van der Waals surface area contributed by atoms with E-state index in [9.17, 15) is 9.90 Å². The van der Waals surface area contributed by atoms with Crippen molar-refractivity contribution >= 4 is 5.97 Å². The van der Waals surface area contributed by atoms with E-state index in [0.29, 0.717) is 17.7 Å². The zero-order valence-electron chi connectivity index (χ0n) is 11.6. The third-order valence-electron chi connectivity index (χ3n) is 2.91. The van der Waals surface area contributed by atoms with Gasteiger partial charge >= 0.3 is 5.97 Å². The van der Waals surface area contributed by atoms with Gasteiger partial charge in [-0.1, -0.05) is 30.3 Å². The van der Waals surface area contributed by atoms with Crippen molar-refractivity contribution in [3.63, 3.8) is 0 Å². The first-order valence-corrected chi connectivity index (χ1v) is 6.52. The molecule has 0 saturated carbocycles. The number of aromatic hydroxyl groups is 1. The van der Waals surface area contributed by atoms with Gasteiger partial charge < -0.3 is 9.84 Å². The highest BCUT2D eigenvalue weighted by Gasteiger charge is 2.18. The lowest BCUT2D eigenvalue weighted by Crippen LogP contribution is -2.09. The highest BCUT2D eigenvalue weighted by atomic mass is 16.5. The van der Waals surface area contributed by atoms with Crippen LogP contribution in [0, 0.1) is 6.92 Å². The van der Waals surface area contributed by atoms with Gasteiger partial charge in [-0.2, -0.15) is 0 Å². The van der Waals surface area contributed by atoms with Gasteiger partial charge in [0.05, 0.1) is 6.61 Å². The lowest BCUT2D eigenvalue weighted by molar-refractivity contribution is 0.0515. The van der Waals surface area contributed by atoms with E-state index >= 15 is 0 Å². The number of nitrogens with zero attached hydrogens (tertiary/aromatic N) is 1. The van der Waals surface area contributed by atoms with Crippen LogP contribution in [0.3, 0.4) is 0 Å². The number of aryl methyl sites for hydroxylation is 1. The van der Waals surface area contributed by atoms with Gasteiger partial charge in [0, 0.05) is 17.7 Å². The van der Waals surface area contributed by atoms with Crippen LogP contribution in [0.2, 0.25) is 0 Å². The van der Waals surface area contributed by atoms with Crippen molar-refractivity contribution in [2.75, 3.05) is 6.61 Å². The Balaban J connectivity index is 2.36. The van der Waals surface area contributed by atoms with Crippen LogP contribution in [0.5, 0.6) is 5.75 Å². The monoisotopic (exact) mass is 271 g/mol. The molecule has 2 aromatic rings. The van der Waals surface area contributed by atoms with E-state index in [1.807, 2.05) is 30.3 Å². The average Bonchev–Trinajstić information content (AvgIpc) is 2.44. The molecule has 0 aliphatic rings. The molecule has 0 spiro atoms. The number of hydrogen-bond donors (Lipinski definition) is 1. The van der Waals surface area contributed by atoms with Crippen LogP contribution < -0.4 is 0 Å². The number of hydrogen-bond acceptors (Lipinski definition) is 4. The molecule has 0 saturated heterocycles. The molecule has 1 heterocycles. The summed E-state index contributed by atoms with van der Waals surface area (Å²) >= 11 is 0. The van der Waals surface area contributed by atoms with Gasteiger partial charge in [-0.3, -0.25) is 0 Å². The number of esters is 1. The topological polar surface area (TPSA) is 59.4 Å². The molecule has 0 radical (unpaired) electrons. The van der Waals surface area contributed by atoms with Crippen molar-refractivity contribution < 1.29 is 14.6 Å². The van der Waals surface area contributed by atoms with Gasteiger partial charge in [-0.05, 0) is 25.5 Å². The lowest BCUT2D eigenvalue weighted by atomic mass is 10.0. The maximum atomic E-state index is 11.8. The average molecular weight is 271 g/mol. The molecule has 0 atom stereocenters. The van der Waals surface area contributed by atoms with Crippen molar-refractivity contribution in [2.45, 2.75) is 20.3 Å². The summed E-state index contributed by atoms with van der Waals surface area (Å²) in [7, 11) is 0. The van der Waals surface area contributed by atoms with Crippen molar-refractivity contribution in [3.05, 3.63) is 58.9 Å². The number of carbonyl (C=O) groups is 1. The van der Waals surface area contributed by atoms with Crippen molar-refractivity contribution in [2.24, 2.45) is 0 Å². The standard InChI is InChI=1S/C16H17NO3/c1-3-20-16(19)14-15(18)13(9-11(2)17-14)10-12-7-5-4-6-8-12/h4-9,18H,3,10H2,1-2H3. The molecular weight excluding hydrogens is 254 g/mol. The third kappa shape index (κ3) is 3.15. The second kappa shape index (κ2) is 6.19. The molecule has 0 aliphatic carbocycles. The summed E-state index contributed by atoms with van der Waals surface area (Å²) < 4.78 is 4.91. The molecule has 0 amide bonds. The molecule has 1 aromatic heterocycles. The van der Waals surface area contributed by atoms with Crippen LogP contribution in [-0.4, -0.2) is 22.7 Å². The van der Waals surface area contributed by atoms with Crippen LogP contribution in [0.25, 0.3) is 0 Å². The van der Waals surface area contributed by atoms with E-state index in [4.69, 9.17) is 4.74 Å². The number of ether oxygens (including phenoxy) is 1. The summed E-state index contributed by atoms with van der Waals surface area (Å²) in [5, 5.41) is 10.2. The molecule has 2 rings (SSSR count). The Morgan fingerprint density at radius 2 is 2.00 bits per heavy atom. The second-order valence-electron chi connectivity index (χ2n) is 4.50. The minimum Gasteiger partial charge on any atom is -0.505 e. The van der Waals surface area contributed by atoms with E-state index in [2.05, 4.69) is 4.98 Å². The number of rotatable bonds is 4. The van der Waals surface area contributed by atoms with E-state index < -0.39 is 5.97 Å².